The fourth-order valence-corrected chi connectivity index (χ4v) is 1.84. The number of hydrogen-bond donors (Lipinski definition) is 2. The molecule has 2 nitrogen and oxygen atoms in total. The van der Waals surface area contributed by atoms with Crippen LogP contribution in [0, 0.1) is 0 Å². The van der Waals surface area contributed by atoms with E-state index in [9.17, 15) is 10.2 Å². The highest BCUT2D eigenvalue weighted by Gasteiger charge is 2.18. The Labute approximate surface area is 101 Å². The third-order valence-electron chi connectivity index (χ3n) is 2.79. The van der Waals surface area contributed by atoms with Crippen molar-refractivity contribution in [3.8, 4) is 0 Å². The van der Waals surface area contributed by atoms with Crippen LogP contribution in [-0.4, -0.2) is 16.3 Å². The van der Waals surface area contributed by atoms with Crippen molar-refractivity contribution in [3.05, 3.63) is 71.8 Å². The zero-order valence-electron chi connectivity index (χ0n) is 9.53. The molecule has 0 unspecified atom stereocenters. The second-order valence-corrected chi connectivity index (χ2v) is 4.11. The van der Waals surface area contributed by atoms with Crippen molar-refractivity contribution in [3.63, 3.8) is 0 Å². The van der Waals surface area contributed by atoms with E-state index in [0.717, 1.165) is 11.1 Å². The van der Waals surface area contributed by atoms with Crippen LogP contribution in [0.5, 0.6) is 0 Å². The summed E-state index contributed by atoms with van der Waals surface area (Å²) < 4.78 is 0. The minimum Gasteiger partial charge on any atom is -0.390 e. The summed E-state index contributed by atoms with van der Waals surface area (Å²) >= 11 is 0. The van der Waals surface area contributed by atoms with E-state index in [1.165, 1.54) is 0 Å². The van der Waals surface area contributed by atoms with Crippen molar-refractivity contribution < 1.29 is 10.2 Å². The van der Waals surface area contributed by atoms with E-state index in [4.69, 9.17) is 0 Å². The molecule has 0 spiro atoms. The SMILES string of the molecule is O[C@H](Cc1ccccc1)[C@H](O)c1ccccc1. The first-order valence-electron chi connectivity index (χ1n) is 5.72. The summed E-state index contributed by atoms with van der Waals surface area (Å²) in [6.07, 6.45) is -1.16. The van der Waals surface area contributed by atoms with Gasteiger partial charge in [-0.05, 0) is 11.1 Å². The lowest BCUT2D eigenvalue weighted by Crippen LogP contribution is -2.20. The molecule has 0 aliphatic carbocycles. The lowest BCUT2D eigenvalue weighted by molar-refractivity contribution is 0.0190. The van der Waals surface area contributed by atoms with Crippen LogP contribution >= 0.6 is 0 Å². The molecule has 0 aliphatic heterocycles. The maximum Gasteiger partial charge on any atom is 0.105 e. The van der Waals surface area contributed by atoms with Gasteiger partial charge in [-0.2, -0.15) is 0 Å². The summed E-state index contributed by atoms with van der Waals surface area (Å²) in [4.78, 5) is 0. The fraction of sp³-hybridized carbons (Fsp3) is 0.200. The number of benzene rings is 2. The number of aliphatic hydroxyl groups is 2. The molecule has 0 saturated carbocycles. The zero-order valence-corrected chi connectivity index (χ0v) is 9.53. The average Bonchev–Trinajstić information content (AvgIpc) is 2.40. The van der Waals surface area contributed by atoms with Gasteiger partial charge in [0.15, 0.2) is 0 Å². The van der Waals surface area contributed by atoms with Gasteiger partial charge in [-0.1, -0.05) is 60.7 Å². The van der Waals surface area contributed by atoms with Gasteiger partial charge in [0.2, 0.25) is 0 Å². The first-order chi connectivity index (χ1) is 8.27. The van der Waals surface area contributed by atoms with Gasteiger partial charge in [-0.15, -0.1) is 0 Å². The minimum atomic E-state index is -0.837. The van der Waals surface area contributed by atoms with Gasteiger partial charge >= 0.3 is 0 Å². The Balaban J connectivity index is 2.03. The molecule has 88 valence electrons. The Bertz CT molecular complexity index is 439. The molecule has 0 bridgehead atoms. The van der Waals surface area contributed by atoms with E-state index in [1.807, 2.05) is 60.7 Å². The monoisotopic (exact) mass is 228 g/mol. The van der Waals surface area contributed by atoms with Crippen molar-refractivity contribution >= 4 is 0 Å². The average molecular weight is 228 g/mol. The summed E-state index contributed by atoms with van der Waals surface area (Å²) in [5.74, 6) is 0. The standard InChI is InChI=1S/C15H16O2/c16-14(11-12-7-3-1-4-8-12)15(17)13-9-5-2-6-10-13/h1-10,14-17H,11H2/t14-,15-/m1/s1. The van der Waals surface area contributed by atoms with E-state index < -0.39 is 12.2 Å². The molecule has 2 heteroatoms. The molecular formula is C15H16O2. The predicted molar refractivity (Wildman–Crippen MR) is 67.6 cm³/mol. The molecule has 2 aromatic rings. The minimum absolute atomic E-state index is 0.455. The molecule has 0 aromatic heterocycles. The first-order valence-corrected chi connectivity index (χ1v) is 5.72. The largest absolute Gasteiger partial charge is 0.390 e. The van der Waals surface area contributed by atoms with Crippen molar-refractivity contribution in [2.24, 2.45) is 0 Å². The molecule has 0 amide bonds. The third kappa shape index (κ3) is 3.16. The molecule has 0 saturated heterocycles. The zero-order chi connectivity index (χ0) is 12.1. The molecule has 2 atom stereocenters. The Morgan fingerprint density at radius 2 is 1.29 bits per heavy atom. The van der Waals surface area contributed by atoms with Crippen LogP contribution in [0.4, 0.5) is 0 Å². The normalized spacial score (nSPS) is 14.2. The van der Waals surface area contributed by atoms with Crippen molar-refractivity contribution in [1.82, 2.24) is 0 Å². The summed E-state index contributed by atoms with van der Waals surface area (Å²) in [6.45, 7) is 0. The third-order valence-corrected chi connectivity index (χ3v) is 2.79. The van der Waals surface area contributed by atoms with Crippen LogP contribution in [0.15, 0.2) is 60.7 Å². The highest BCUT2D eigenvalue weighted by molar-refractivity contribution is 5.20. The van der Waals surface area contributed by atoms with Gasteiger partial charge in [-0.3, -0.25) is 0 Å². The van der Waals surface area contributed by atoms with Crippen LogP contribution in [-0.2, 0) is 6.42 Å². The smallest absolute Gasteiger partial charge is 0.105 e. The molecule has 0 fully saturated rings. The van der Waals surface area contributed by atoms with Gasteiger partial charge in [0, 0.05) is 6.42 Å². The van der Waals surface area contributed by atoms with E-state index >= 15 is 0 Å². The van der Waals surface area contributed by atoms with Crippen LogP contribution in [0.3, 0.4) is 0 Å². The maximum atomic E-state index is 10.0. The molecule has 0 radical (unpaired) electrons. The summed E-state index contributed by atoms with van der Waals surface area (Å²) in [5, 5.41) is 20.0. The molecule has 2 rings (SSSR count). The topological polar surface area (TPSA) is 40.5 Å². The summed E-state index contributed by atoms with van der Waals surface area (Å²) in [5.41, 5.74) is 1.77. The van der Waals surface area contributed by atoms with Crippen LogP contribution in [0.25, 0.3) is 0 Å². The summed E-state index contributed by atoms with van der Waals surface area (Å²) in [6, 6.07) is 18.9. The van der Waals surface area contributed by atoms with Gasteiger partial charge in [0.05, 0.1) is 6.10 Å². The molecule has 2 aromatic carbocycles. The Morgan fingerprint density at radius 3 is 1.88 bits per heavy atom. The van der Waals surface area contributed by atoms with Crippen LogP contribution < -0.4 is 0 Å². The Morgan fingerprint density at radius 1 is 0.765 bits per heavy atom. The molecule has 17 heavy (non-hydrogen) atoms. The second-order valence-electron chi connectivity index (χ2n) is 4.11. The quantitative estimate of drug-likeness (QED) is 0.843. The number of hydrogen-bond acceptors (Lipinski definition) is 2. The van der Waals surface area contributed by atoms with Gasteiger partial charge in [0.25, 0.3) is 0 Å². The molecule has 0 heterocycles. The Hall–Kier alpha value is -1.64. The van der Waals surface area contributed by atoms with Gasteiger partial charge in [-0.25, -0.2) is 0 Å². The highest BCUT2D eigenvalue weighted by Crippen LogP contribution is 2.19. The second kappa shape index (κ2) is 5.62. The van der Waals surface area contributed by atoms with E-state index in [-0.39, 0.29) is 0 Å². The first kappa shape index (κ1) is 11.8. The highest BCUT2D eigenvalue weighted by atomic mass is 16.3. The number of aliphatic hydroxyl groups excluding tert-OH is 2. The lowest BCUT2D eigenvalue weighted by Gasteiger charge is -2.18. The number of rotatable bonds is 4. The van der Waals surface area contributed by atoms with Crippen molar-refractivity contribution in [1.29, 1.82) is 0 Å². The van der Waals surface area contributed by atoms with Crippen LogP contribution in [0.1, 0.15) is 17.2 Å². The van der Waals surface area contributed by atoms with E-state index in [1.54, 1.807) is 0 Å². The van der Waals surface area contributed by atoms with E-state index in [0.29, 0.717) is 6.42 Å². The summed E-state index contributed by atoms with van der Waals surface area (Å²) in [7, 11) is 0. The van der Waals surface area contributed by atoms with Crippen molar-refractivity contribution in [2.75, 3.05) is 0 Å². The maximum absolute atomic E-state index is 10.0. The van der Waals surface area contributed by atoms with Gasteiger partial charge < -0.3 is 10.2 Å². The predicted octanol–water partition coefficient (Wildman–Crippen LogP) is 2.32. The molecule has 0 aliphatic rings. The molecular weight excluding hydrogens is 212 g/mol. The lowest BCUT2D eigenvalue weighted by atomic mass is 9.99. The Kier molecular flexibility index (Phi) is 3.91. The van der Waals surface area contributed by atoms with Gasteiger partial charge in [0.1, 0.15) is 6.10 Å². The fourth-order valence-electron chi connectivity index (χ4n) is 1.84. The molecule has 2 N–H and O–H groups in total. The van der Waals surface area contributed by atoms with Crippen LogP contribution in [0.2, 0.25) is 0 Å². The van der Waals surface area contributed by atoms with E-state index in [2.05, 4.69) is 0 Å². The van der Waals surface area contributed by atoms with Crippen molar-refractivity contribution in [2.45, 2.75) is 18.6 Å².